The number of rotatable bonds is 40. The smallest absolute Gasteiger partial charge is 0.268 e. The number of nitrogens with one attached hydrogen (secondary N) is 1. The largest absolute Gasteiger partial charge is 0.756 e. The lowest BCUT2D eigenvalue weighted by molar-refractivity contribution is -0.870. The molecule has 0 aromatic heterocycles. The molecule has 9 heteroatoms. The maximum atomic E-state index is 12.8. The highest BCUT2D eigenvalue weighted by Crippen LogP contribution is 2.38. The zero-order valence-corrected chi connectivity index (χ0v) is 36.4. The van der Waals surface area contributed by atoms with Crippen molar-refractivity contribution < 1.29 is 32.9 Å². The molecule has 0 radical (unpaired) electrons. The van der Waals surface area contributed by atoms with E-state index in [4.69, 9.17) is 9.05 Å². The van der Waals surface area contributed by atoms with Crippen LogP contribution in [0.3, 0.4) is 0 Å². The average molecular weight is 771 g/mol. The van der Waals surface area contributed by atoms with Crippen LogP contribution in [0, 0.1) is 0 Å². The van der Waals surface area contributed by atoms with Crippen molar-refractivity contribution >= 4 is 13.7 Å². The average Bonchev–Trinajstić information content (AvgIpc) is 3.10. The fraction of sp³-hybridized carbons (Fsp3) is 0.886. The minimum Gasteiger partial charge on any atom is -0.756 e. The van der Waals surface area contributed by atoms with E-state index in [1.807, 2.05) is 21.1 Å². The van der Waals surface area contributed by atoms with E-state index < -0.39 is 20.0 Å². The molecule has 314 valence electrons. The highest BCUT2D eigenvalue weighted by molar-refractivity contribution is 7.45. The Morgan fingerprint density at radius 1 is 0.660 bits per heavy atom. The van der Waals surface area contributed by atoms with Crippen molar-refractivity contribution in [1.82, 2.24) is 5.32 Å². The molecule has 2 N–H and O–H groups in total. The van der Waals surface area contributed by atoms with E-state index in [-0.39, 0.29) is 19.1 Å². The molecule has 0 saturated carbocycles. The van der Waals surface area contributed by atoms with Gasteiger partial charge in [-0.2, -0.15) is 0 Å². The van der Waals surface area contributed by atoms with E-state index in [2.05, 4.69) is 43.5 Å². The number of unbranched alkanes of at least 4 members (excludes halogenated alkanes) is 23. The van der Waals surface area contributed by atoms with Gasteiger partial charge in [-0.15, -0.1) is 0 Å². The SMILES string of the molecule is CCCCC/C=C/C/C=C/CCCCCCCC(=O)N[C@@H](COP(=O)([O-])OCC[N+](C)(C)C)[C@H](O)CCCCCCCCCCCCCCCCCC. The van der Waals surface area contributed by atoms with Gasteiger partial charge in [0.15, 0.2) is 0 Å². The first-order valence-corrected chi connectivity index (χ1v) is 23.6. The number of hydrogen-bond acceptors (Lipinski definition) is 6. The van der Waals surface area contributed by atoms with Gasteiger partial charge in [0.25, 0.3) is 7.82 Å². The van der Waals surface area contributed by atoms with Crippen LogP contribution in [-0.2, 0) is 18.4 Å². The summed E-state index contributed by atoms with van der Waals surface area (Å²) < 4.78 is 23.2. The molecule has 53 heavy (non-hydrogen) atoms. The van der Waals surface area contributed by atoms with E-state index in [0.29, 0.717) is 23.9 Å². The molecule has 0 saturated heterocycles. The van der Waals surface area contributed by atoms with Gasteiger partial charge >= 0.3 is 0 Å². The molecular weight excluding hydrogens is 683 g/mol. The summed E-state index contributed by atoms with van der Waals surface area (Å²) in [5.74, 6) is -0.179. The highest BCUT2D eigenvalue weighted by Gasteiger charge is 2.24. The Hall–Kier alpha value is -1.02. The Morgan fingerprint density at radius 3 is 1.60 bits per heavy atom. The molecule has 0 aliphatic rings. The molecule has 0 bridgehead atoms. The lowest BCUT2D eigenvalue weighted by atomic mass is 10.0. The summed E-state index contributed by atoms with van der Waals surface area (Å²) in [5, 5.41) is 13.9. The summed E-state index contributed by atoms with van der Waals surface area (Å²) in [6, 6.07) is -0.805. The number of carbonyl (C=O) groups excluding carboxylic acids is 1. The number of hydrogen-bond donors (Lipinski definition) is 2. The van der Waals surface area contributed by atoms with Gasteiger partial charge in [0.2, 0.25) is 5.91 Å². The molecule has 0 heterocycles. The lowest BCUT2D eigenvalue weighted by Gasteiger charge is -2.30. The Labute approximate surface area is 328 Å². The number of nitrogens with zero attached hydrogens (tertiary/aromatic N) is 1. The van der Waals surface area contributed by atoms with Crippen LogP contribution in [0.15, 0.2) is 24.3 Å². The minimum atomic E-state index is -4.56. The van der Waals surface area contributed by atoms with Gasteiger partial charge in [0.05, 0.1) is 39.9 Å². The normalized spacial score (nSPS) is 14.6. The lowest BCUT2D eigenvalue weighted by Crippen LogP contribution is -2.46. The number of amides is 1. The summed E-state index contributed by atoms with van der Waals surface area (Å²) in [5.41, 5.74) is 0. The third-order valence-corrected chi connectivity index (χ3v) is 10.9. The summed E-state index contributed by atoms with van der Waals surface area (Å²) in [4.78, 5) is 25.3. The summed E-state index contributed by atoms with van der Waals surface area (Å²) >= 11 is 0. The van der Waals surface area contributed by atoms with Gasteiger partial charge in [-0.3, -0.25) is 9.36 Å². The topological polar surface area (TPSA) is 108 Å². The number of phosphoric ester groups is 1. The Kier molecular flexibility index (Phi) is 35.9. The second-order valence-electron chi connectivity index (χ2n) is 16.4. The van der Waals surface area contributed by atoms with Crippen LogP contribution in [0.4, 0.5) is 0 Å². The minimum absolute atomic E-state index is 0.00980. The van der Waals surface area contributed by atoms with Crippen LogP contribution >= 0.6 is 7.82 Å². The van der Waals surface area contributed by atoms with Crippen molar-refractivity contribution in [2.24, 2.45) is 0 Å². The predicted octanol–water partition coefficient (Wildman–Crippen LogP) is 11.5. The number of aliphatic hydroxyl groups is 1. The standard InChI is InChI=1S/C44H87N2O6P/c1-6-8-10-12-14-16-18-20-22-24-25-27-29-31-33-35-37-43(47)42(41-52-53(49,50)51-40-39-46(3,4)5)45-44(48)38-36-34-32-30-28-26-23-21-19-17-15-13-11-9-7-2/h15,17,21,23,42-43,47H,6-14,16,18-20,22,24-41H2,1-5H3,(H-,45,48,49,50)/b17-15+,23-21+/t42-,43+/m0/s1. The molecule has 3 atom stereocenters. The quantitative estimate of drug-likeness (QED) is 0.0278. The van der Waals surface area contributed by atoms with Gasteiger partial charge in [0.1, 0.15) is 13.2 Å². The molecule has 0 rings (SSSR count). The fourth-order valence-corrected chi connectivity index (χ4v) is 7.09. The third-order valence-electron chi connectivity index (χ3n) is 9.94. The number of phosphoric acid groups is 1. The van der Waals surface area contributed by atoms with E-state index in [0.717, 1.165) is 64.2 Å². The maximum absolute atomic E-state index is 12.8. The molecule has 0 aromatic rings. The summed E-state index contributed by atoms with van der Waals surface area (Å²) in [6.07, 6.45) is 41.7. The Morgan fingerprint density at radius 2 is 1.09 bits per heavy atom. The molecule has 0 aromatic carbocycles. The van der Waals surface area contributed by atoms with Crippen molar-refractivity contribution in [3.05, 3.63) is 24.3 Å². The van der Waals surface area contributed by atoms with Crippen LogP contribution < -0.4 is 10.2 Å². The second-order valence-corrected chi connectivity index (χ2v) is 17.8. The zero-order chi connectivity index (χ0) is 39.3. The van der Waals surface area contributed by atoms with Gasteiger partial charge in [-0.1, -0.05) is 173 Å². The van der Waals surface area contributed by atoms with Gasteiger partial charge in [-0.25, -0.2) is 0 Å². The number of quaternary nitrogens is 1. The second kappa shape index (κ2) is 36.6. The number of carbonyl (C=O) groups is 1. The van der Waals surface area contributed by atoms with Crippen molar-refractivity contribution in [3.63, 3.8) is 0 Å². The Balaban J connectivity index is 4.39. The molecule has 1 amide bonds. The molecule has 8 nitrogen and oxygen atoms in total. The third kappa shape index (κ3) is 39.0. The van der Waals surface area contributed by atoms with Crippen molar-refractivity contribution in [2.45, 2.75) is 212 Å². The Bertz CT molecular complexity index is 922. The zero-order valence-electron chi connectivity index (χ0n) is 35.5. The number of likely N-dealkylation sites (N-methyl/N-ethyl adjacent to an activating group) is 1. The first-order chi connectivity index (χ1) is 25.5. The first-order valence-electron chi connectivity index (χ1n) is 22.2. The molecule has 0 aliphatic carbocycles. The maximum Gasteiger partial charge on any atom is 0.268 e. The molecule has 0 fully saturated rings. The number of allylic oxidation sites excluding steroid dienone is 4. The predicted molar refractivity (Wildman–Crippen MR) is 224 cm³/mol. The number of aliphatic hydroxyl groups excluding tert-OH is 1. The monoisotopic (exact) mass is 771 g/mol. The van der Waals surface area contributed by atoms with Gasteiger partial charge in [0, 0.05) is 6.42 Å². The van der Waals surface area contributed by atoms with E-state index in [1.54, 1.807) is 0 Å². The van der Waals surface area contributed by atoms with Crippen molar-refractivity contribution in [3.8, 4) is 0 Å². The molecule has 0 spiro atoms. The summed E-state index contributed by atoms with van der Waals surface area (Å²) in [6.45, 7) is 4.68. The molecular formula is C44H87N2O6P. The summed E-state index contributed by atoms with van der Waals surface area (Å²) in [7, 11) is 1.30. The molecule has 0 aliphatic heterocycles. The fourth-order valence-electron chi connectivity index (χ4n) is 6.36. The van der Waals surface area contributed by atoms with Crippen molar-refractivity contribution in [1.29, 1.82) is 0 Å². The highest BCUT2D eigenvalue weighted by atomic mass is 31.2. The van der Waals surface area contributed by atoms with Crippen LogP contribution in [0.2, 0.25) is 0 Å². The van der Waals surface area contributed by atoms with E-state index in [1.165, 1.54) is 109 Å². The van der Waals surface area contributed by atoms with E-state index >= 15 is 0 Å². The van der Waals surface area contributed by atoms with Crippen LogP contribution in [0.5, 0.6) is 0 Å². The molecule has 1 unspecified atom stereocenters. The van der Waals surface area contributed by atoms with Crippen LogP contribution in [-0.4, -0.2) is 68.5 Å². The van der Waals surface area contributed by atoms with Crippen LogP contribution in [0.1, 0.15) is 200 Å². The first kappa shape index (κ1) is 52.0. The van der Waals surface area contributed by atoms with Crippen LogP contribution in [0.25, 0.3) is 0 Å². The van der Waals surface area contributed by atoms with Gasteiger partial charge < -0.3 is 28.8 Å². The van der Waals surface area contributed by atoms with Crippen molar-refractivity contribution in [2.75, 3.05) is 40.9 Å². The van der Waals surface area contributed by atoms with Gasteiger partial charge in [-0.05, 0) is 44.9 Å². The van der Waals surface area contributed by atoms with E-state index in [9.17, 15) is 19.4 Å².